The van der Waals surface area contributed by atoms with Crippen molar-refractivity contribution in [2.24, 2.45) is 0 Å². The van der Waals surface area contributed by atoms with Crippen molar-refractivity contribution in [3.63, 3.8) is 0 Å². The molecule has 1 unspecified atom stereocenters. The van der Waals surface area contributed by atoms with Crippen molar-refractivity contribution in [1.82, 2.24) is 0 Å². The maximum Gasteiger partial charge on any atom is 0.0720 e. The topological polar surface area (TPSA) is 0 Å². The summed E-state index contributed by atoms with van der Waals surface area (Å²) < 4.78 is 0. The molecule has 6 aromatic rings. The number of rotatable bonds is 7. The minimum atomic E-state index is -0.554. The monoisotopic (exact) mass is 624 g/mol. The first-order valence-electron chi connectivity index (χ1n) is 16.6. The molecule has 1 atom stereocenters. The zero-order valence-corrected chi connectivity index (χ0v) is 27.6. The Morgan fingerprint density at radius 2 is 1.08 bits per heavy atom. The highest BCUT2D eigenvalue weighted by Crippen LogP contribution is 2.62. The van der Waals surface area contributed by atoms with Gasteiger partial charge in [-0.2, -0.15) is 0 Å². The summed E-state index contributed by atoms with van der Waals surface area (Å²) >= 11 is 0. The van der Waals surface area contributed by atoms with Crippen molar-refractivity contribution in [3.05, 3.63) is 223 Å². The summed E-state index contributed by atoms with van der Waals surface area (Å²) in [5.74, 6) is 0. The van der Waals surface area contributed by atoms with Crippen LogP contribution >= 0.6 is 0 Å². The standard InChI is InChI=1S/C49H36/c1-7-10-19-31(4)46-35(8-2)36(9-3)47(41-25-12-11-24-40(41)46)32(5)30-42-33(6)49(44-28-16-14-23-38(42)44)43-27-15-13-22-37(43)39-26-17-20-34-21-18-29-45(49)48(34)39/h7-30H,1-6H2/b19-10-,42-30+. The highest BCUT2D eigenvalue weighted by atomic mass is 14.5. The molecule has 8 rings (SSSR count). The van der Waals surface area contributed by atoms with E-state index in [4.69, 9.17) is 13.2 Å². The summed E-state index contributed by atoms with van der Waals surface area (Å²) in [5.41, 5.74) is 14.8. The van der Waals surface area contributed by atoms with E-state index in [1.807, 2.05) is 24.3 Å². The average Bonchev–Trinajstić information content (AvgIpc) is 3.38. The third-order valence-electron chi connectivity index (χ3n) is 10.4. The van der Waals surface area contributed by atoms with E-state index in [-0.39, 0.29) is 0 Å². The molecule has 2 aliphatic rings. The van der Waals surface area contributed by atoms with Crippen molar-refractivity contribution in [2.75, 3.05) is 0 Å². The Hall–Kier alpha value is -6.24. The van der Waals surface area contributed by atoms with Crippen LogP contribution in [-0.2, 0) is 5.41 Å². The van der Waals surface area contributed by atoms with Crippen LogP contribution < -0.4 is 0 Å². The molecular weight excluding hydrogens is 589 g/mol. The lowest BCUT2D eigenvalue weighted by Gasteiger charge is -2.40. The van der Waals surface area contributed by atoms with Gasteiger partial charge in [0.05, 0.1) is 5.41 Å². The number of hydrogen-bond donors (Lipinski definition) is 0. The summed E-state index contributed by atoms with van der Waals surface area (Å²) in [5, 5.41) is 4.69. The molecule has 232 valence electrons. The normalized spacial score (nSPS) is 16.7. The minimum Gasteiger partial charge on any atom is -0.0991 e. The Balaban J connectivity index is 1.41. The average molecular weight is 625 g/mol. The Morgan fingerprint density at radius 1 is 0.551 bits per heavy atom. The number of hydrogen-bond acceptors (Lipinski definition) is 0. The molecule has 0 bridgehead atoms. The van der Waals surface area contributed by atoms with Gasteiger partial charge in [-0.3, -0.25) is 0 Å². The summed E-state index contributed by atoms with van der Waals surface area (Å²) in [7, 11) is 0. The molecular formula is C49H36. The van der Waals surface area contributed by atoms with E-state index in [1.165, 1.54) is 44.2 Å². The van der Waals surface area contributed by atoms with Crippen LogP contribution in [0, 0.1) is 0 Å². The van der Waals surface area contributed by atoms with E-state index >= 15 is 0 Å². The minimum absolute atomic E-state index is 0.554. The van der Waals surface area contributed by atoms with Gasteiger partial charge in [0.15, 0.2) is 0 Å². The van der Waals surface area contributed by atoms with Gasteiger partial charge in [-0.1, -0.05) is 179 Å². The largest absolute Gasteiger partial charge is 0.0991 e. The summed E-state index contributed by atoms with van der Waals surface area (Å²) in [6, 6.07) is 39.5. The summed E-state index contributed by atoms with van der Waals surface area (Å²) in [6.07, 6.45) is 11.7. The van der Waals surface area contributed by atoms with Crippen LogP contribution in [0.25, 0.3) is 61.5 Å². The Kier molecular flexibility index (Phi) is 7.05. The van der Waals surface area contributed by atoms with Crippen LogP contribution in [0.3, 0.4) is 0 Å². The molecule has 6 aromatic carbocycles. The predicted molar refractivity (Wildman–Crippen MR) is 214 cm³/mol. The lowest BCUT2D eigenvalue weighted by molar-refractivity contribution is 0.777. The molecule has 0 N–H and O–H groups in total. The quantitative estimate of drug-likeness (QED) is 0.155. The molecule has 0 aliphatic heterocycles. The Bertz CT molecular complexity index is 2540. The Labute approximate surface area is 289 Å². The van der Waals surface area contributed by atoms with Gasteiger partial charge in [0.2, 0.25) is 0 Å². The first kappa shape index (κ1) is 30.1. The molecule has 0 saturated carbocycles. The lowest BCUT2D eigenvalue weighted by Crippen LogP contribution is -2.31. The van der Waals surface area contributed by atoms with E-state index in [0.717, 1.165) is 55.3 Å². The molecule has 0 radical (unpaired) electrons. The summed E-state index contributed by atoms with van der Waals surface area (Å²) in [4.78, 5) is 0. The van der Waals surface area contributed by atoms with Crippen LogP contribution in [0.2, 0.25) is 0 Å². The van der Waals surface area contributed by atoms with E-state index in [0.29, 0.717) is 0 Å². The van der Waals surface area contributed by atoms with Gasteiger partial charge in [-0.25, -0.2) is 0 Å². The first-order valence-corrected chi connectivity index (χ1v) is 16.6. The lowest BCUT2D eigenvalue weighted by atomic mass is 9.61. The number of fused-ring (bicyclic) bond motifs is 7. The highest BCUT2D eigenvalue weighted by molar-refractivity contribution is 6.12. The van der Waals surface area contributed by atoms with Crippen molar-refractivity contribution in [3.8, 4) is 11.1 Å². The molecule has 49 heavy (non-hydrogen) atoms. The number of benzene rings is 6. The van der Waals surface area contributed by atoms with Gasteiger partial charge < -0.3 is 0 Å². The van der Waals surface area contributed by atoms with Crippen LogP contribution in [0.15, 0.2) is 179 Å². The molecule has 1 spiro atoms. The van der Waals surface area contributed by atoms with E-state index in [1.54, 1.807) is 6.08 Å². The van der Waals surface area contributed by atoms with Crippen molar-refractivity contribution in [2.45, 2.75) is 5.41 Å². The molecule has 0 heteroatoms. The Morgan fingerprint density at radius 3 is 1.73 bits per heavy atom. The fourth-order valence-electron chi connectivity index (χ4n) is 8.53. The van der Waals surface area contributed by atoms with Gasteiger partial charge in [0, 0.05) is 0 Å². The second-order valence-corrected chi connectivity index (χ2v) is 12.8. The van der Waals surface area contributed by atoms with Crippen molar-refractivity contribution >= 4 is 50.4 Å². The molecule has 2 aliphatic carbocycles. The van der Waals surface area contributed by atoms with Crippen LogP contribution in [0.1, 0.15) is 44.5 Å². The van der Waals surface area contributed by atoms with Crippen LogP contribution in [0.5, 0.6) is 0 Å². The summed E-state index contributed by atoms with van der Waals surface area (Å²) in [6.45, 7) is 26.5. The predicted octanol–water partition coefficient (Wildman–Crippen LogP) is 13.0. The van der Waals surface area contributed by atoms with E-state index < -0.39 is 5.41 Å². The maximum absolute atomic E-state index is 4.96. The zero-order chi connectivity index (χ0) is 33.9. The van der Waals surface area contributed by atoms with Crippen molar-refractivity contribution < 1.29 is 0 Å². The molecule has 0 aromatic heterocycles. The fraction of sp³-hybridized carbons (Fsp3) is 0.0204. The van der Waals surface area contributed by atoms with Crippen molar-refractivity contribution in [1.29, 1.82) is 0 Å². The van der Waals surface area contributed by atoms with Gasteiger partial charge in [-0.15, -0.1) is 0 Å². The van der Waals surface area contributed by atoms with Gasteiger partial charge in [0.25, 0.3) is 0 Å². The smallest absolute Gasteiger partial charge is 0.0720 e. The molecule has 0 saturated heterocycles. The van der Waals surface area contributed by atoms with Gasteiger partial charge in [-0.05, 0) is 106 Å². The van der Waals surface area contributed by atoms with E-state index in [2.05, 4.69) is 142 Å². The fourth-order valence-corrected chi connectivity index (χ4v) is 8.53. The SMILES string of the molecule is C=C/C=C\C(=C)c1c(C=C)c(C=C)c(C(=C)/C=C2\C(=C)C3(c4ccccc42)c2ccccc2-c2cccc4cccc3c24)c2ccccc12. The second-order valence-electron chi connectivity index (χ2n) is 12.8. The first-order chi connectivity index (χ1) is 24.0. The molecule has 0 nitrogen and oxygen atoms in total. The zero-order valence-electron chi connectivity index (χ0n) is 27.6. The highest BCUT2D eigenvalue weighted by Gasteiger charge is 2.50. The molecule has 0 heterocycles. The van der Waals surface area contributed by atoms with Gasteiger partial charge >= 0.3 is 0 Å². The third-order valence-corrected chi connectivity index (χ3v) is 10.4. The molecule has 0 amide bonds. The van der Waals surface area contributed by atoms with Crippen LogP contribution in [-0.4, -0.2) is 0 Å². The van der Waals surface area contributed by atoms with Crippen LogP contribution in [0.4, 0.5) is 0 Å². The van der Waals surface area contributed by atoms with Gasteiger partial charge in [0.1, 0.15) is 0 Å². The third kappa shape index (κ3) is 4.11. The maximum atomic E-state index is 4.96. The van der Waals surface area contributed by atoms with E-state index in [9.17, 15) is 0 Å². The second kappa shape index (κ2) is 11.5. The molecule has 0 fully saturated rings. The number of allylic oxidation sites excluding steroid dienone is 8.